The summed E-state index contributed by atoms with van der Waals surface area (Å²) >= 11 is 0. The normalized spacial score (nSPS) is 25.6. The van der Waals surface area contributed by atoms with Gasteiger partial charge in [0.05, 0.1) is 6.61 Å². The van der Waals surface area contributed by atoms with Gasteiger partial charge in [-0.3, -0.25) is 0 Å². The van der Waals surface area contributed by atoms with Crippen molar-refractivity contribution >= 4 is 0 Å². The van der Waals surface area contributed by atoms with Gasteiger partial charge in [0, 0.05) is 0 Å². The second-order valence-corrected chi connectivity index (χ2v) is 5.03. The van der Waals surface area contributed by atoms with Crippen LogP contribution in [-0.2, 0) is 6.61 Å². The maximum absolute atomic E-state index is 9.01. The maximum atomic E-state index is 9.01. The second kappa shape index (κ2) is 5.49. The van der Waals surface area contributed by atoms with Crippen LogP contribution in [0.1, 0.15) is 56.1 Å². The van der Waals surface area contributed by atoms with Crippen LogP contribution >= 0.6 is 0 Å². The summed E-state index contributed by atoms with van der Waals surface area (Å²) in [5.74, 6) is 1.73. The van der Waals surface area contributed by atoms with Crippen molar-refractivity contribution in [1.82, 2.24) is 0 Å². The Balaban J connectivity index is 1.97. The van der Waals surface area contributed by atoms with Gasteiger partial charge in [-0.25, -0.2) is 0 Å². The molecule has 1 N–H and O–H groups in total. The highest BCUT2D eigenvalue weighted by atomic mass is 16.3. The third-order valence-corrected chi connectivity index (χ3v) is 4.06. The minimum atomic E-state index is 0.156. The summed E-state index contributed by atoms with van der Waals surface area (Å²) in [6, 6.07) is 8.51. The molecule has 1 saturated carbocycles. The summed E-state index contributed by atoms with van der Waals surface area (Å²) in [4.78, 5) is 0. The van der Waals surface area contributed by atoms with Gasteiger partial charge >= 0.3 is 0 Å². The number of aliphatic hydroxyl groups excluding tert-OH is 1. The lowest BCUT2D eigenvalue weighted by atomic mass is 9.78. The molecule has 0 unspecified atom stereocenters. The molecule has 1 aliphatic rings. The summed E-state index contributed by atoms with van der Waals surface area (Å²) < 4.78 is 0. The first-order valence-corrected chi connectivity index (χ1v) is 6.53. The number of benzene rings is 1. The van der Waals surface area contributed by atoms with Gasteiger partial charge in [0.15, 0.2) is 0 Å². The molecule has 0 bridgehead atoms. The largest absolute Gasteiger partial charge is 0.392 e. The van der Waals surface area contributed by atoms with Gasteiger partial charge in [-0.1, -0.05) is 37.6 Å². The zero-order valence-corrected chi connectivity index (χ0v) is 10.2. The molecule has 88 valence electrons. The van der Waals surface area contributed by atoms with Crippen molar-refractivity contribution in [3.8, 4) is 0 Å². The molecule has 0 radical (unpaired) electrons. The van der Waals surface area contributed by atoms with Gasteiger partial charge < -0.3 is 5.11 Å². The molecule has 1 aromatic rings. The fourth-order valence-corrected chi connectivity index (χ4v) is 2.80. The molecule has 1 heteroatoms. The van der Waals surface area contributed by atoms with Crippen molar-refractivity contribution < 1.29 is 5.11 Å². The summed E-state index contributed by atoms with van der Waals surface area (Å²) in [5, 5.41) is 9.01. The average Bonchev–Trinajstić information content (AvgIpc) is 2.39. The third-order valence-electron chi connectivity index (χ3n) is 4.06. The highest BCUT2D eigenvalue weighted by Gasteiger charge is 2.20. The lowest BCUT2D eigenvalue weighted by Gasteiger charge is -2.28. The number of aliphatic hydroxyl groups is 1. The van der Waals surface area contributed by atoms with Crippen molar-refractivity contribution in [2.45, 2.75) is 51.6 Å². The summed E-state index contributed by atoms with van der Waals surface area (Å²) in [5.41, 5.74) is 2.48. The van der Waals surface area contributed by atoms with E-state index in [-0.39, 0.29) is 6.61 Å². The summed E-state index contributed by atoms with van der Waals surface area (Å²) in [6.45, 7) is 2.46. The minimum Gasteiger partial charge on any atom is -0.392 e. The SMILES string of the molecule is CC[C@H]1CC[C@H](c2ccc(CO)cc2)CC1. The lowest BCUT2D eigenvalue weighted by Crippen LogP contribution is -2.12. The molecule has 0 saturated heterocycles. The van der Waals surface area contributed by atoms with E-state index in [1.54, 1.807) is 0 Å². The first-order chi connectivity index (χ1) is 7.83. The highest BCUT2D eigenvalue weighted by molar-refractivity contribution is 5.25. The van der Waals surface area contributed by atoms with Crippen LogP contribution in [0.3, 0.4) is 0 Å². The molecule has 16 heavy (non-hydrogen) atoms. The van der Waals surface area contributed by atoms with Crippen molar-refractivity contribution in [2.75, 3.05) is 0 Å². The highest BCUT2D eigenvalue weighted by Crippen LogP contribution is 2.36. The predicted octanol–water partition coefficient (Wildman–Crippen LogP) is 3.86. The Morgan fingerprint density at radius 2 is 1.69 bits per heavy atom. The fourth-order valence-electron chi connectivity index (χ4n) is 2.80. The van der Waals surface area contributed by atoms with Crippen LogP contribution < -0.4 is 0 Å². The molecular weight excluding hydrogens is 196 g/mol. The van der Waals surface area contributed by atoms with E-state index in [9.17, 15) is 0 Å². The van der Waals surface area contributed by atoms with Crippen LogP contribution in [0.2, 0.25) is 0 Å². The van der Waals surface area contributed by atoms with Crippen LogP contribution in [0.25, 0.3) is 0 Å². The van der Waals surface area contributed by atoms with E-state index in [0.717, 1.165) is 17.4 Å². The lowest BCUT2D eigenvalue weighted by molar-refractivity contribution is 0.281. The molecule has 0 atom stereocenters. The molecule has 0 spiro atoms. The topological polar surface area (TPSA) is 20.2 Å². The van der Waals surface area contributed by atoms with Gasteiger partial charge in [0.2, 0.25) is 0 Å². The van der Waals surface area contributed by atoms with E-state index in [2.05, 4.69) is 31.2 Å². The minimum absolute atomic E-state index is 0.156. The molecule has 1 fully saturated rings. The van der Waals surface area contributed by atoms with Gasteiger partial charge in [-0.2, -0.15) is 0 Å². The first-order valence-electron chi connectivity index (χ1n) is 6.53. The van der Waals surface area contributed by atoms with Crippen LogP contribution in [-0.4, -0.2) is 5.11 Å². The van der Waals surface area contributed by atoms with Gasteiger partial charge in [0.1, 0.15) is 0 Å². The molecular formula is C15H22O. The smallest absolute Gasteiger partial charge is 0.0681 e. The monoisotopic (exact) mass is 218 g/mol. The Bertz CT molecular complexity index is 307. The maximum Gasteiger partial charge on any atom is 0.0681 e. The number of hydrogen-bond donors (Lipinski definition) is 1. The molecule has 0 aromatic heterocycles. The third kappa shape index (κ3) is 2.65. The van der Waals surface area contributed by atoms with Gasteiger partial charge in [0.25, 0.3) is 0 Å². The Hall–Kier alpha value is -0.820. The molecule has 1 nitrogen and oxygen atoms in total. The van der Waals surface area contributed by atoms with Crippen LogP contribution in [0.15, 0.2) is 24.3 Å². The standard InChI is InChI=1S/C15H22O/c1-2-12-3-7-14(8-4-12)15-9-5-13(11-16)6-10-15/h5-6,9-10,12,14,16H,2-4,7-8,11H2,1H3/t12-,14-. The van der Waals surface area contributed by atoms with Crippen molar-refractivity contribution in [3.63, 3.8) is 0 Å². The van der Waals surface area contributed by atoms with E-state index >= 15 is 0 Å². The van der Waals surface area contributed by atoms with Crippen LogP contribution in [0, 0.1) is 5.92 Å². The van der Waals surface area contributed by atoms with Crippen LogP contribution in [0.4, 0.5) is 0 Å². The summed E-state index contributed by atoms with van der Waals surface area (Å²) in [6.07, 6.45) is 6.82. The predicted molar refractivity (Wildman–Crippen MR) is 67.4 cm³/mol. The first kappa shape index (κ1) is 11.7. The van der Waals surface area contributed by atoms with Crippen molar-refractivity contribution in [1.29, 1.82) is 0 Å². The Kier molecular flexibility index (Phi) is 4.00. The molecule has 0 heterocycles. The summed E-state index contributed by atoms with van der Waals surface area (Å²) in [7, 11) is 0. The van der Waals surface area contributed by atoms with Gasteiger partial charge in [-0.15, -0.1) is 0 Å². The number of hydrogen-bond acceptors (Lipinski definition) is 1. The van der Waals surface area contributed by atoms with E-state index in [0.29, 0.717) is 0 Å². The second-order valence-electron chi connectivity index (χ2n) is 5.03. The average molecular weight is 218 g/mol. The van der Waals surface area contributed by atoms with Gasteiger partial charge in [-0.05, 0) is 48.6 Å². The van der Waals surface area contributed by atoms with E-state index < -0.39 is 0 Å². The zero-order valence-electron chi connectivity index (χ0n) is 10.2. The van der Waals surface area contributed by atoms with Crippen molar-refractivity contribution in [2.24, 2.45) is 5.92 Å². The fraction of sp³-hybridized carbons (Fsp3) is 0.600. The molecule has 1 aromatic carbocycles. The number of rotatable bonds is 3. The van der Waals surface area contributed by atoms with Crippen LogP contribution in [0.5, 0.6) is 0 Å². The van der Waals surface area contributed by atoms with E-state index in [1.165, 1.54) is 37.7 Å². The Morgan fingerprint density at radius 1 is 1.06 bits per heavy atom. The Labute approximate surface area is 98.5 Å². The molecule has 0 amide bonds. The van der Waals surface area contributed by atoms with E-state index in [4.69, 9.17) is 5.11 Å². The quantitative estimate of drug-likeness (QED) is 0.816. The van der Waals surface area contributed by atoms with E-state index in [1.807, 2.05) is 0 Å². The molecule has 2 rings (SSSR count). The molecule has 1 aliphatic carbocycles. The molecule has 0 aliphatic heterocycles. The zero-order chi connectivity index (χ0) is 11.4. The van der Waals surface area contributed by atoms with Crippen molar-refractivity contribution in [3.05, 3.63) is 35.4 Å². The Morgan fingerprint density at radius 3 is 2.19 bits per heavy atom.